The number of nitrogens with one attached hydrogen (secondary N) is 1. The van der Waals surface area contributed by atoms with Crippen LogP contribution in [-0.4, -0.2) is 16.4 Å². The Bertz CT molecular complexity index is 950. The first-order valence-electron chi connectivity index (χ1n) is 8.16. The molecule has 0 bridgehead atoms. The van der Waals surface area contributed by atoms with Crippen LogP contribution in [0.2, 0.25) is 0 Å². The summed E-state index contributed by atoms with van der Waals surface area (Å²) >= 11 is 0. The highest BCUT2D eigenvalue weighted by molar-refractivity contribution is 5.78. The van der Waals surface area contributed by atoms with Gasteiger partial charge in [0.25, 0.3) is 0 Å². The number of benzene rings is 1. The molecule has 2 aromatic rings. The summed E-state index contributed by atoms with van der Waals surface area (Å²) in [5.74, 6) is -1.30. The van der Waals surface area contributed by atoms with E-state index in [2.05, 4.69) is 28.6 Å². The van der Waals surface area contributed by atoms with E-state index in [1.54, 1.807) is 6.07 Å². The summed E-state index contributed by atoms with van der Waals surface area (Å²) in [6.07, 6.45) is 6.30. The molecule has 1 aliphatic rings. The van der Waals surface area contributed by atoms with Crippen LogP contribution in [-0.2, 0) is 6.54 Å². The standard InChI is InChI=1S/C21H20F2N2/c1-3-17(22)21(18(23)4-2)20-12-16-14-25(11-10-19(16)24-20)13-15-8-6-5-7-9-15/h3-10,12,14,24H,1,11,13H2,2H3/b18-4+,21-17-. The fraction of sp³-hybridized carbons (Fsp3) is 0.143. The van der Waals surface area contributed by atoms with E-state index in [0.717, 1.165) is 29.7 Å². The lowest BCUT2D eigenvalue weighted by molar-refractivity contribution is 0.454. The van der Waals surface area contributed by atoms with E-state index in [-0.39, 0.29) is 5.57 Å². The average Bonchev–Trinajstić information content (AvgIpc) is 3.05. The van der Waals surface area contributed by atoms with Crippen molar-refractivity contribution < 1.29 is 8.78 Å². The van der Waals surface area contributed by atoms with E-state index in [4.69, 9.17) is 0 Å². The van der Waals surface area contributed by atoms with Crippen LogP contribution in [0.3, 0.4) is 0 Å². The van der Waals surface area contributed by atoms with Crippen molar-refractivity contribution in [3.63, 3.8) is 0 Å². The molecule has 1 N–H and O–H groups in total. The van der Waals surface area contributed by atoms with Gasteiger partial charge in [-0.05, 0) is 30.7 Å². The summed E-state index contributed by atoms with van der Waals surface area (Å²) < 4.78 is 28.2. The summed E-state index contributed by atoms with van der Waals surface area (Å²) in [5, 5.41) is 1.79. The van der Waals surface area contributed by atoms with Crippen LogP contribution < -0.4 is 10.6 Å². The van der Waals surface area contributed by atoms with Gasteiger partial charge in [0.1, 0.15) is 11.7 Å². The molecule has 0 fully saturated rings. The van der Waals surface area contributed by atoms with Gasteiger partial charge in [0.05, 0.1) is 11.3 Å². The number of rotatable bonds is 5. The summed E-state index contributed by atoms with van der Waals surface area (Å²) in [7, 11) is 0. The molecule has 0 amide bonds. The van der Waals surface area contributed by atoms with Crippen molar-refractivity contribution in [2.24, 2.45) is 0 Å². The summed E-state index contributed by atoms with van der Waals surface area (Å²) in [6.45, 7) is 6.45. The minimum atomic E-state index is -0.685. The van der Waals surface area contributed by atoms with Crippen LogP contribution in [0.25, 0.3) is 17.8 Å². The quantitative estimate of drug-likeness (QED) is 0.822. The van der Waals surface area contributed by atoms with Crippen LogP contribution >= 0.6 is 0 Å². The Morgan fingerprint density at radius 2 is 2.04 bits per heavy atom. The highest BCUT2D eigenvalue weighted by Crippen LogP contribution is 2.26. The predicted molar refractivity (Wildman–Crippen MR) is 98.9 cm³/mol. The molecule has 1 aromatic carbocycles. The minimum Gasteiger partial charge on any atom is -0.369 e. The first-order chi connectivity index (χ1) is 12.1. The van der Waals surface area contributed by atoms with E-state index in [0.29, 0.717) is 5.69 Å². The van der Waals surface area contributed by atoms with E-state index in [1.165, 1.54) is 18.6 Å². The lowest BCUT2D eigenvalue weighted by Gasteiger charge is -2.20. The lowest BCUT2D eigenvalue weighted by Crippen LogP contribution is -2.34. The van der Waals surface area contributed by atoms with Gasteiger partial charge in [-0.1, -0.05) is 43.0 Å². The zero-order chi connectivity index (χ0) is 17.8. The smallest absolute Gasteiger partial charge is 0.134 e. The van der Waals surface area contributed by atoms with E-state index >= 15 is 0 Å². The van der Waals surface area contributed by atoms with Gasteiger partial charge in [0.2, 0.25) is 0 Å². The Balaban J connectivity index is 1.97. The molecule has 25 heavy (non-hydrogen) atoms. The average molecular weight is 338 g/mol. The molecule has 0 spiro atoms. The SMILES string of the molecule is C=C/C(F)=C(\C(F)=C/C)c1cc2c([nH]1)=CCN(Cc1ccccc1)C=2. The van der Waals surface area contributed by atoms with Crippen LogP contribution in [0.4, 0.5) is 8.78 Å². The number of fused-ring (bicyclic) bond motifs is 1. The normalized spacial score (nSPS) is 15.0. The molecule has 0 saturated heterocycles. The molecule has 2 heterocycles. The highest BCUT2D eigenvalue weighted by atomic mass is 19.1. The Kier molecular flexibility index (Phi) is 4.98. The predicted octanol–water partition coefficient (Wildman–Crippen LogP) is 3.79. The molecule has 1 aliphatic heterocycles. The second-order valence-corrected chi connectivity index (χ2v) is 5.86. The van der Waals surface area contributed by atoms with Gasteiger partial charge in [-0.25, -0.2) is 8.78 Å². The van der Waals surface area contributed by atoms with Gasteiger partial charge in [0.15, 0.2) is 0 Å². The lowest BCUT2D eigenvalue weighted by atomic mass is 10.1. The number of aromatic amines is 1. The molecule has 4 heteroatoms. The van der Waals surface area contributed by atoms with Crippen molar-refractivity contribution in [1.29, 1.82) is 0 Å². The molecule has 128 valence electrons. The largest absolute Gasteiger partial charge is 0.369 e. The van der Waals surface area contributed by atoms with Gasteiger partial charge >= 0.3 is 0 Å². The maximum Gasteiger partial charge on any atom is 0.134 e. The van der Waals surface area contributed by atoms with Gasteiger partial charge in [0, 0.05) is 29.9 Å². The van der Waals surface area contributed by atoms with Gasteiger partial charge in [-0.15, -0.1) is 0 Å². The first-order valence-corrected chi connectivity index (χ1v) is 8.16. The summed E-state index contributed by atoms with van der Waals surface area (Å²) in [6, 6.07) is 11.9. The fourth-order valence-electron chi connectivity index (χ4n) is 2.90. The van der Waals surface area contributed by atoms with Gasteiger partial charge < -0.3 is 9.88 Å². The molecular weight excluding hydrogens is 318 g/mol. The molecular formula is C21H20F2N2. The fourth-order valence-corrected chi connectivity index (χ4v) is 2.90. The molecule has 2 nitrogen and oxygen atoms in total. The minimum absolute atomic E-state index is 0.0942. The van der Waals surface area contributed by atoms with Crippen molar-refractivity contribution in [3.05, 3.63) is 88.6 Å². The number of H-pyrrole nitrogens is 1. The maximum absolute atomic E-state index is 14.1. The Labute approximate surface area is 145 Å². The monoisotopic (exact) mass is 338 g/mol. The molecule has 3 rings (SSSR count). The highest BCUT2D eigenvalue weighted by Gasteiger charge is 2.15. The van der Waals surface area contributed by atoms with Crippen molar-refractivity contribution in [3.8, 4) is 0 Å². The molecule has 0 aliphatic carbocycles. The Hall–Kier alpha value is -2.88. The second kappa shape index (κ2) is 7.34. The van der Waals surface area contributed by atoms with E-state index < -0.39 is 11.7 Å². The van der Waals surface area contributed by atoms with Crippen LogP contribution in [0.15, 0.2) is 66.8 Å². The van der Waals surface area contributed by atoms with Crippen molar-refractivity contribution in [1.82, 2.24) is 9.88 Å². The third-order valence-electron chi connectivity index (χ3n) is 4.14. The molecule has 0 radical (unpaired) electrons. The van der Waals surface area contributed by atoms with Crippen LogP contribution in [0.1, 0.15) is 18.2 Å². The van der Waals surface area contributed by atoms with Gasteiger partial charge in [-0.3, -0.25) is 0 Å². The second-order valence-electron chi connectivity index (χ2n) is 5.86. The van der Waals surface area contributed by atoms with Crippen molar-refractivity contribution in [2.75, 3.05) is 6.54 Å². The van der Waals surface area contributed by atoms with Crippen LogP contribution in [0, 0.1) is 0 Å². The molecule has 0 saturated carbocycles. The van der Waals surface area contributed by atoms with Crippen molar-refractivity contribution >= 4 is 17.8 Å². The van der Waals surface area contributed by atoms with E-state index in [1.807, 2.05) is 30.5 Å². The third-order valence-corrected chi connectivity index (χ3v) is 4.14. The first kappa shape index (κ1) is 17.0. The number of allylic oxidation sites excluding steroid dienone is 5. The number of hydrogen-bond donors (Lipinski definition) is 1. The number of halogens is 2. The van der Waals surface area contributed by atoms with E-state index in [9.17, 15) is 8.78 Å². The topological polar surface area (TPSA) is 19.0 Å². The molecule has 0 unspecified atom stereocenters. The zero-order valence-electron chi connectivity index (χ0n) is 14.1. The number of hydrogen-bond acceptors (Lipinski definition) is 1. The number of nitrogens with zero attached hydrogens (tertiary/aromatic N) is 1. The van der Waals surface area contributed by atoms with Gasteiger partial charge in [-0.2, -0.15) is 0 Å². The Morgan fingerprint density at radius 1 is 1.28 bits per heavy atom. The molecule has 1 aromatic heterocycles. The Morgan fingerprint density at radius 3 is 2.72 bits per heavy atom. The number of aromatic nitrogens is 1. The summed E-state index contributed by atoms with van der Waals surface area (Å²) in [4.78, 5) is 5.27. The zero-order valence-corrected chi connectivity index (χ0v) is 14.1. The van der Waals surface area contributed by atoms with Crippen molar-refractivity contribution in [2.45, 2.75) is 13.5 Å². The third kappa shape index (κ3) is 3.63. The summed E-state index contributed by atoms with van der Waals surface area (Å²) in [5.41, 5.74) is 1.53. The maximum atomic E-state index is 14.1. The van der Waals surface area contributed by atoms with Crippen LogP contribution in [0.5, 0.6) is 0 Å². The molecule has 0 atom stereocenters.